The molecule has 0 fully saturated rings. The van der Waals surface area contributed by atoms with Gasteiger partial charge in [0.25, 0.3) is 0 Å². The molecule has 0 aliphatic heterocycles. The van der Waals surface area contributed by atoms with Crippen LogP contribution in [0.2, 0.25) is 0 Å². The van der Waals surface area contributed by atoms with Crippen LogP contribution < -0.4 is 0 Å². The molecule has 2 nitrogen and oxygen atoms in total. The van der Waals surface area contributed by atoms with Gasteiger partial charge >= 0.3 is 0 Å². The van der Waals surface area contributed by atoms with E-state index >= 15 is 0 Å². The van der Waals surface area contributed by atoms with Gasteiger partial charge in [0.2, 0.25) is 0 Å². The summed E-state index contributed by atoms with van der Waals surface area (Å²) >= 11 is 0. The van der Waals surface area contributed by atoms with Crippen LogP contribution >= 0.6 is 0 Å². The quantitative estimate of drug-likeness (QED) is 0.522. The highest BCUT2D eigenvalue weighted by Gasteiger charge is 2.12. The molecular weight excluding hydrogens is 268 g/mol. The Morgan fingerprint density at radius 3 is 1.95 bits per heavy atom. The number of aryl methyl sites for hydroxylation is 1. The Kier molecular flexibility index (Phi) is 9.01. The number of nitriles is 2. The fourth-order valence-electron chi connectivity index (χ4n) is 2.90. The van der Waals surface area contributed by atoms with Crippen LogP contribution in [0.5, 0.6) is 0 Å². The summed E-state index contributed by atoms with van der Waals surface area (Å²) in [5.74, 6) is 0. The summed E-state index contributed by atoms with van der Waals surface area (Å²) in [4.78, 5) is 0. The first-order valence-corrected chi connectivity index (χ1v) is 8.73. The maximum Gasteiger partial charge on any atom is 0.101 e. The van der Waals surface area contributed by atoms with Gasteiger partial charge in [0, 0.05) is 0 Å². The van der Waals surface area contributed by atoms with Crippen LogP contribution in [0.25, 0.3) is 0 Å². The molecule has 22 heavy (non-hydrogen) atoms. The Morgan fingerprint density at radius 2 is 1.41 bits per heavy atom. The molecule has 0 saturated heterocycles. The van der Waals surface area contributed by atoms with Gasteiger partial charge < -0.3 is 0 Å². The van der Waals surface area contributed by atoms with Gasteiger partial charge in [-0.2, -0.15) is 10.5 Å². The lowest BCUT2D eigenvalue weighted by molar-refractivity contribution is 0.650. The van der Waals surface area contributed by atoms with Crippen molar-refractivity contribution in [3.05, 3.63) is 34.4 Å². The lowest BCUT2D eigenvalue weighted by Crippen LogP contribution is -2.02. The number of hydrogen-bond acceptors (Lipinski definition) is 2. The van der Waals surface area contributed by atoms with Gasteiger partial charge in [0.15, 0.2) is 0 Å². The lowest BCUT2D eigenvalue weighted by atomic mass is 9.90. The molecule has 0 spiro atoms. The molecule has 0 radical (unpaired) electrons. The van der Waals surface area contributed by atoms with Gasteiger partial charge in [-0.3, -0.25) is 0 Å². The summed E-state index contributed by atoms with van der Waals surface area (Å²) in [7, 11) is 0. The molecule has 2 heteroatoms. The van der Waals surface area contributed by atoms with Crippen molar-refractivity contribution in [2.45, 2.75) is 78.1 Å². The van der Waals surface area contributed by atoms with Gasteiger partial charge in [-0.05, 0) is 42.9 Å². The van der Waals surface area contributed by atoms with Crippen LogP contribution in [0.15, 0.2) is 12.1 Å². The fourth-order valence-corrected chi connectivity index (χ4v) is 2.90. The van der Waals surface area contributed by atoms with Crippen LogP contribution in [-0.4, -0.2) is 0 Å². The van der Waals surface area contributed by atoms with Crippen molar-refractivity contribution in [3.8, 4) is 12.1 Å². The molecule has 0 atom stereocenters. The van der Waals surface area contributed by atoms with E-state index in [2.05, 4.69) is 32.1 Å². The van der Waals surface area contributed by atoms with E-state index in [9.17, 15) is 10.5 Å². The Morgan fingerprint density at radius 1 is 0.773 bits per heavy atom. The van der Waals surface area contributed by atoms with E-state index in [-0.39, 0.29) is 0 Å². The minimum absolute atomic E-state index is 0.533. The summed E-state index contributed by atoms with van der Waals surface area (Å²) in [6.07, 6.45) is 11.7. The van der Waals surface area contributed by atoms with Crippen molar-refractivity contribution in [2.24, 2.45) is 0 Å². The van der Waals surface area contributed by atoms with Crippen LogP contribution in [0.1, 0.15) is 87.5 Å². The second kappa shape index (κ2) is 10.9. The van der Waals surface area contributed by atoms with Crippen molar-refractivity contribution >= 4 is 0 Å². The van der Waals surface area contributed by atoms with Crippen LogP contribution in [0.3, 0.4) is 0 Å². The highest BCUT2D eigenvalue weighted by molar-refractivity contribution is 5.53. The number of rotatable bonds is 10. The Hall–Kier alpha value is -1.80. The molecule has 0 bridgehead atoms. The zero-order valence-corrected chi connectivity index (χ0v) is 14.1. The summed E-state index contributed by atoms with van der Waals surface area (Å²) in [6.45, 7) is 4.42. The summed E-state index contributed by atoms with van der Waals surface area (Å²) in [5.41, 5.74) is 3.56. The third-order valence-electron chi connectivity index (χ3n) is 4.22. The van der Waals surface area contributed by atoms with E-state index in [1.807, 2.05) is 6.07 Å². The van der Waals surface area contributed by atoms with E-state index in [0.717, 1.165) is 24.8 Å². The molecule has 0 N–H and O–H groups in total. The van der Waals surface area contributed by atoms with Gasteiger partial charge in [-0.25, -0.2) is 0 Å². The largest absolute Gasteiger partial charge is 0.192 e. The van der Waals surface area contributed by atoms with E-state index < -0.39 is 0 Å². The maximum absolute atomic E-state index is 9.47. The van der Waals surface area contributed by atoms with E-state index in [4.69, 9.17) is 0 Å². The minimum atomic E-state index is 0.533. The first-order chi connectivity index (χ1) is 10.8. The van der Waals surface area contributed by atoms with Gasteiger partial charge in [0.1, 0.15) is 12.1 Å². The minimum Gasteiger partial charge on any atom is -0.192 e. The van der Waals surface area contributed by atoms with Gasteiger partial charge in [0.05, 0.1) is 11.1 Å². The number of nitrogens with zero attached hydrogens (tertiary/aromatic N) is 2. The average molecular weight is 296 g/mol. The smallest absolute Gasteiger partial charge is 0.101 e. The predicted octanol–water partition coefficient (Wildman–Crippen LogP) is 5.68. The molecule has 0 aliphatic rings. The number of hydrogen-bond donors (Lipinski definition) is 0. The second-order valence-electron chi connectivity index (χ2n) is 5.97. The van der Waals surface area contributed by atoms with Crippen molar-refractivity contribution in [1.82, 2.24) is 0 Å². The third-order valence-corrected chi connectivity index (χ3v) is 4.22. The third kappa shape index (κ3) is 5.53. The molecule has 0 saturated carbocycles. The monoisotopic (exact) mass is 296 g/mol. The highest BCUT2D eigenvalue weighted by atomic mass is 14.3. The number of benzene rings is 1. The van der Waals surface area contributed by atoms with Gasteiger partial charge in [-0.1, -0.05) is 58.4 Å². The fraction of sp³-hybridized carbons (Fsp3) is 0.600. The van der Waals surface area contributed by atoms with Crippen LogP contribution in [0.4, 0.5) is 0 Å². The first kappa shape index (κ1) is 18.2. The van der Waals surface area contributed by atoms with Crippen molar-refractivity contribution in [1.29, 1.82) is 10.5 Å². The summed E-state index contributed by atoms with van der Waals surface area (Å²) in [5, 5.41) is 18.7. The summed E-state index contributed by atoms with van der Waals surface area (Å²) in [6, 6.07) is 8.34. The van der Waals surface area contributed by atoms with E-state index in [0.29, 0.717) is 11.1 Å². The Labute approximate surface area is 135 Å². The molecule has 1 aromatic rings. The standard InChI is InChI=1S/C20H28N2/c1-3-5-7-9-11-17-13-14-18(15-21)20(16-22)19(17)12-10-8-6-4-2/h13-14H,3-12H2,1-2H3. The normalized spacial score (nSPS) is 10.2. The SMILES string of the molecule is CCCCCCc1ccc(C#N)c(C#N)c1CCCCCC. The average Bonchev–Trinajstić information content (AvgIpc) is 2.55. The Bertz CT molecular complexity index is 532. The second-order valence-corrected chi connectivity index (χ2v) is 5.97. The molecule has 0 aromatic heterocycles. The van der Waals surface area contributed by atoms with Gasteiger partial charge in [-0.15, -0.1) is 0 Å². The number of unbranched alkanes of at least 4 members (excludes halogenated alkanes) is 6. The predicted molar refractivity (Wildman–Crippen MR) is 91.6 cm³/mol. The molecular formula is C20H28N2. The molecule has 0 unspecified atom stereocenters. The first-order valence-electron chi connectivity index (χ1n) is 8.73. The Balaban J connectivity index is 2.89. The molecule has 118 valence electrons. The highest BCUT2D eigenvalue weighted by Crippen LogP contribution is 2.23. The van der Waals surface area contributed by atoms with Crippen LogP contribution in [-0.2, 0) is 12.8 Å². The van der Waals surface area contributed by atoms with Crippen molar-refractivity contribution in [3.63, 3.8) is 0 Å². The lowest BCUT2D eigenvalue weighted by Gasteiger charge is -2.13. The molecule has 1 rings (SSSR count). The van der Waals surface area contributed by atoms with Crippen LogP contribution in [0, 0.1) is 22.7 Å². The van der Waals surface area contributed by atoms with E-state index in [1.165, 1.54) is 50.5 Å². The zero-order chi connectivity index (χ0) is 16.2. The topological polar surface area (TPSA) is 47.6 Å². The van der Waals surface area contributed by atoms with Crippen molar-refractivity contribution in [2.75, 3.05) is 0 Å². The molecule has 1 aromatic carbocycles. The van der Waals surface area contributed by atoms with E-state index in [1.54, 1.807) is 0 Å². The zero-order valence-electron chi connectivity index (χ0n) is 14.1. The summed E-state index contributed by atoms with van der Waals surface area (Å²) < 4.78 is 0. The maximum atomic E-state index is 9.47. The molecule has 0 amide bonds. The molecule has 0 aliphatic carbocycles. The van der Waals surface area contributed by atoms with Crippen molar-refractivity contribution < 1.29 is 0 Å². The molecule has 0 heterocycles.